The molecule has 9 heteroatoms. The van der Waals surface area contributed by atoms with E-state index in [0.29, 0.717) is 30.9 Å². The number of carbonyl (C=O) groups excluding carboxylic acids is 3. The average molecular weight is 450 g/mol. The van der Waals surface area contributed by atoms with Gasteiger partial charge in [-0.25, -0.2) is 9.37 Å². The second-order valence-corrected chi connectivity index (χ2v) is 8.02. The first-order valence-corrected chi connectivity index (χ1v) is 10.7. The molecule has 1 saturated heterocycles. The lowest BCUT2D eigenvalue weighted by atomic mass is 10.0. The number of ketones is 3. The average Bonchev–Trinajstić information content (AvgIpc) is 2.80. The molecule has 170 valence electrons. The molecular formula is C24H23FN4O4. The number of aromatic nitrogens is 2. The normalized spacial score (nSPS) is 17.3. The van der Waals surface area contributed by atoms with Crippen molar-refractivity contribution in [1.29, 1.82) is 0 Å². The van der Waals surface area contributed by atoms with E-state index in [1.54, 1.807) is 4.57 Å². The van der Waals surface area contributed by atoms with Gasteiger partial charge in [-0.05, 0) is 43.8 Å². The molecule has 0 spiro atoms. The zero-order chi connectivity index (χ0) is 23.7. The number of carbonyl (C=O) groups is 3. The van der Waals surface area contributed by atoms with Gasteiger partial charge in [0.25, 0.3) is 0 Å². The van der Waals surface area contributed by atoms with Gasteiger partial charge in [-0.15, -0.1) is 0 Å². The summed E-state index contributed by atoms with van der Waals surface area (Å²) in [6, 6.07) is 1.15. The second kappa shape index (κ2) is 9.03. The topological polar surface area (TPSA) is 92.6 Å². The Morgan fingerprint density at radius 2 is 1.85 bits per heavy atom. The number of allylic oxidation sites excluding steroid dienone is 6. The van der Waals surface area contributed by atoms with Gasteiger partial charge >= 0.3 is 0 Å². The molecule has 0 aromatic carbocycles. The number of nitrogens with zero attached hydrogens (tertiary/aromatic N) is 4. The molecule has 1 fully saturated rings. The van der Waals surface area contributed by atoms with Crippen LogP contribution in [0.15, 0.2) is 53.0 Å². The van der Waals surface area contributed by atoms with Gasteiger partial charge < -0.3 is 14.4 Å². The van der Waals surface area contributed by atoms with E-state index < -0.39 is 28.6 Å². The largest absolute Gasteiger partial charge is 0.352 e. The van der Waals surface area contributed by atoms with Crippen molar-refractivity contribution >= 4 is 34.2 Å². The number of pyridine rings is 2. The summed E-state index contributed by atoms with van der Waals surface area (Å²) < 4.78 is 16.6. The third kappa shape index (κ3) is 4.45. The van der Waals surface area contributed by atoms with Crippen LogP contribution in [0, 0.1) is 5.82 Å². The van der Waals surface area contributed by atoms with Crippen LogP contribution in [0.25, 0.3) is 11.0 Å². The van der Waals surface area contributed by atoms with Gasteiger partial charge in [0.1, 0.15) is 5.65 Å². The first-order chi connectivity index (χ1) is 15.8. The molecule has 0 bridgehead atoms. The van der Waals surface area contributed by atoms with Crippen molar-refractivity contribution in [3.63, 3.8) is 0 Å². The minimum atomic E-state index is -0.679. The first kappa shape index (κ1) is 22.5. The molecule has 0 radical (unpaired) electrons. The van der Waals surface area contributed by atoms with Crippen molar-refractivity contribution in [2.24, 2.45) is 0 Å². The van der Waals surface area contributed by atoms with Gasteiger partial charge in [0, 0.05) is 38.9 Å². The zero-order valence-corrected chi connectivity index (χ0v) is 18.4. The van der Waals surface area contributed by atoms with Crippen molar-refractivity contribution in [2.75, 3.05) is 38.1 Å². The minimum absolute atomic E-state index is 0.0315. The summed E-state index contributed by atoms with van der Waals surface area (Å²) in [5, 5.41) is 0.0315. The first-order valence-electron chi connectivity index (χ1n) is 10.7. The maximum absolute atomic E-state index is 15.0. The zero-order valence-electron chi connectivity index (χ0n) is 18.4. The molecule has 1 aliphatic carbocycles. The van der Waals surface area contributed by atoms with E-state index in [4.69, 9.17) is 0 Å². The van der Waals surface area contributed by atoms with E-state index >= 15 is 0 Å². The molecule has 0 amide bonds. The van der Waals surface area contributed by atoms with Crippen molar-refractivity contribution in [3.8, 4) is 0 Å². The van der Waals surface area contributed by atoms with E-state index in [1.165, 1.54) is 18.3 Å². The van der Waals surface area contributed by atoms with Crippen LogP contribution in [0.5, 0.6) is 0 Å². The van der Waals surface area contributed by atoms with Crippen LogP contribution in [0.4, 0.5) is 10.2 Å². The lowest BCUT2D eigenvalue weighted by molar-refractivity contribution is -0.131. The summed E-state index contributed by atoms with van der Waals surface area (Å²) >= 11 is 0. The van der Waals surface area contributed by atoms with E-state index in [0.717, 1.165) is 37.4 Å². The highest BCUT2D eigenvalue weighted by Crippen LogP contribution is 2.23. The standard InChI is InChI=1S/C24H23FN4O4/c1-3-28-14-17(19(30)6-4-15-5-7-20(31)21(32)12-15)22(33)16-13-18(25)24(26-23(16)28)29-10-8-27(2)9-11-29/h4-7,12-14H,3,8-11H2,1-2H3. The molecule has 8 nitrogen and oxygen atoms in total. The Kier molecular flexibility index (Phi) is 6.15. The van der Waals surface area contributed by atoms with Crippen molar-refractivity contribution in [3.05, 3.63) is 69.8 Å². The number of fused-ring (bicyclic) bond motifs is 1. The van der Waals surface area contributed by atoms with Crippen LogP contribution in [-0.4, -0.2) is 65.0 Å². The van der Waals surface area contributed by atoms with Gasteiger partial charge in [0.2, 0.25) is 17.0 Å². The molecule has 0 N–H and O–H groups in total. The van der Waals surface area contributed by atoms with E-state index in [-0.39, 0.29) is 16.8 Å². The van der Waals surface area contributed by atoms with Gasteiger partial charge in [-0.2, -0.15) is 0 Å². The number of aryl methyl sites for hydroxylation is 1. The Labute approximate surface area is 189 Å². The second-order valence-electron chi connectivity index (χ2n) is 8.02. The van der Waals surface area contributed by atoms with Gasteiger partial charge in [0.05, 0.1) is 10.9 Å². The molecule has 33 heavy (non-hydrogen) atoms. The highest BCUT2D eigenvalue weighted by molar-refractivity contribution is 6.46. The number of hydrogen-bond acceptors (Lipinski definition) is 7. The summed E-state index contributed by atoms with van der Waals surface area (Å²) in [6.07, 6.45) is 7.60. The van der Waals surface area contributed by atoms with Crippen LogP contribution in [0.2, 0.25) is 0 Å². The highest BCUT2D eigenvalue weighted by Gasteiger charge is 2.22. The summed E-state index contributed by atoms with van der Waals surface area (Å²) in [5.74, 6) is -2.31. The van der Waals surface area contributed by atoms with Gasteiger partial charge in [0.15, 0.2) is 17.4 Å². The van der Waals surface area contributed by atoms with Crippen molar-refractivity contribution < 1.29 is 18.8 Å². The maximum atomic E-state index is 15.0. The third-order valence-corrected chi connectivity index (χ3v) is 5.79. The molecule has 0 unspecified atom stereocenters. The SMILES string of the molecule is CCn1cc(C(=O)C=CC2=CC(=O)C(=O)C=C2)c(=O)c2cc(F)c(N3CCN(C)CC3)nc21. The van der Waals surface area contributed by atoms with Crippen LogP contribution in [0.3, 0.4) is 0 Å². The van der Waals surface area contributed by atoms with Crippen molar-refractivity contribution in [2.45, 2.75) is 13.5 Å². The summed E-state index contributed by atoms with van der Waals surface area (Å²) in [5.41, 5.74) is -0.0495. The van der Waals surface area contributed by atoms with Crippen LogP contribution >= 0.6 is 0 Å². The quantitative estimate of drug-likeness (QED) is 0.296. The fraction of sp³-hybridized carbons (Fsp3) is 0.292. The lowest BCUT2D eigenvalue weighted by Crippen LogP contribution is -2.45. The molecular weight excluding hydrogens is 427 g/mol. The Hall–Kier alpha value is -3.72. The number of rotatable bonds is 5. The summed E-state index contributed by atoms with van der Waals surface area (Å²) in [4.78, 5) is 57.0. The highest BCUT2D eigenvalue weighted by atomic mass is 19.1. The van der Waals surface area contributed by atoms with E-state index in [1.807, 2.05) is 18.9 Å². The fourth-order valence-electron chi connectivity index (χ4n) is 3.82. The molecule has 1 aliphatic heterocycles. The molecule has 2 aliphatic rings. The molecule has 0 saturated carbocycles. The fourth-order valence-corrected chi connectivity index (χ4v) is 3.82. The smallest absolute Gasteiger partial charge is 0.226 e. The van der Waals surface area contributed by atoms with Crippen LogP contribution in [0.1, 0.15) is 17.3 Å². The number of hydrogen-bond donors (Lipinski definition) is 0. The van der Waals surface area contributed by atoms with E-state index in [9.17, 15) is 23.6 Å². The van der Waals surface area contributed by atoms with Gasteiger partial charge in [-0.1, -0.05) is 12.2 Å². The number of anilines is 1. The molecule has 4 rings (SSSR count). The Morgan fingerprint density at radius 1 is 1.12 bits per heavy atom. The third-order valence-electron chi connectivity index (χ3n) is 5.79. The molecule has 2 aromatic rings. The van der Waals surface area contributed by atoms with Crippen molar-refractivity contribution in [1.82, 2.24) is 14.5 Å². The Morgan fingerprint density at radius 3 is 2.52 bits per heavy atom. The molecule has 0 atom stereocenters. The predicted octanol–water partition coefficient (Wildman–Crippen LogP) is 1.68. The Balaban J connectivity index is 1.71. The molecule has 2 aromatic heterocycles. The lowest BCUT2D eigenvalue weighted by Gasteiger charge is -2.33. The monoisotopic (exact) mass is 450 g/mol. The number of halogens is 1. The summed E-state index contributed by atoms with van der Waals surface area (Å²) in [7, 11) is 2.00. The van der Waals surface area contributed by atoms with Crippen LogP contribution < -0.4 is 10.3 Å². The number of likely N-dealkylation sites (N-methyl/N-ethyl adjacent to an activating group) is 1. The predicted molar refractivity (Wildman–Crippen MR) is 122 cm³/mol. The Bertz CT molecular complexity index is 1310. The van der Waals surface area contributed by atoms with Gasteiger partial charge in [-0.3, -0.25) is 19.2 Å². The maximum Gasteiger partial charge on any atom is 0.226 e. The van der Waals surface area contributed by atoms with Crippen LogP contribution in [-0.2, 0) is 16.1 Å². The van der Waals surface area contributed by atoms with E-state index in [2.05, 4.69) is 9.88 Å². The molecule has 3 heterocycles. The number of piperazine rings is 1. The summed E-state index contributed by atoms with van der Waals surface area (Å²) in [6.45, 7) is 5.08. The minimum Gasteiger partial charge on any atom is -0.352 e.